The number of hydrogen-bond acceptors (Lipinski definition) is 4. The van der Waals surface area contributed by atoms with Gasteiger partial charge in [0.15, 0.2) is 6.04 Å². The van der Waals surface area contributed by atoms with Gasteiger partial charge in [-0.1, -0.05) is 19.9 Å². The number of carbonyl (C=O) groups is 2. The van der Waals surface area contributed by atoms with E-state index in [-0.39, 0.29) is 18.2 Å². The summed E-state index contributed by atoms with van der Waals surface area (Å²) in [6.45, 7) is 4.58. The first-order valence-corrected chi connectivity index (χ1v) is 7.57. The zero-order valence-electron chi connectivity index (χ0n) is 11.8. The second-order valence-corrected chi connectivity index (χ2v) is 6.27. The summed E-state index contributed by atoms with van der Waals surface area (Å²) in [5.74, 6) is -0.757. The molecule has 2 atom stereocenters. The van der Waals surface area contributed by atoms with Gasteiger partial charge in [0.1, 0.15) is 0 Å². The van der Waals surface area contributed by atoms with Crippen molar-refractivity contribution in [3.63, 3.8) is 0 Å². The van der Waals surface area contributed by atoms with Gasteiger partial charge in [0, 0.05) is 11.3 Å². The molecule has 0 spiro atoms. The molecule has 5 nitrogen and oxygen atoms in total. The quantitative estimate of drug-likeness (QED) is 0.684. The third kappa shape index (κ3) is 5.30. The lowest BCUT2D eigenvalue weighted by Gasteiger charge is -2.18. The summed E-state index contributed by atoms with van der Waals surface area (Å²) >= 11 is 1.32. The predicted molar refractivity (Wildman–Crippen MR) is 79.5 cm³/mol. The van der Waals surface area contributed by atoms with Crippen LogP contribution in [0.3, 0.4) is 0 Å². The lowest BCUT2D eigenvalue weighted by atomic mass is 9.94. The van der Waals surface area contributed by atoms with Gasteiger partial charge in [-0.05, 0) is 36.2 Å². The predicted octanol–water partition coefficient (Wildman–Crippen LogP) is 2.00. The summed E-state index contributed by atoms with van der Waals surface area (Å²) in [6.07, 6.45) is 1.13. The van der Waals surface area contributed by atoms with Crippen LogP contribution in [0.1, 0.15) is 37.6 Å². The Bertz CT molecular complexity index is 432. The fraction of sp³-hybridized carbons (Fsp3) is 0.571. The average molecular weight is 298 g/mol. The average Bonchev–Trinajstić information content (AvgIpc) is 2.87. The summed E-state index contributed by atoms with van der Waals surface area (Å²) in [4.78, 5) is 23.8. The topological polar surface area (TPSA) is 92.4 Å². The summed E-state index contributed by atoms with van der Waals surface area (Å²) in [7, 11) is 0. The van der Waals surface area contributed by atoms with Gasteiger partial charge in [-0.3, -0.25) is 4.79 Å². The molecule has 1 aromatic heterocycles. The second kappa shape index (κ2) is 8.01. The maximum absolute atomic E-state index is 12.0. The van der Waals surface area contributed by atoms with Crippen LogP contribution >= 0.6 is 11.3 Å². The van der Waals surface area contributed by atoms with E-state index in [2.05, 4.69) is 19.2 Å². The van der Waals surface area contributed by atoms with E-state index in [0.29, 0.717) is 17.3 Å². The van der Waals surface area contributed by atoms with Gasteiger partial charge in [-0.15, -0.1) is 11.3 Å². The minimum atomic E-state index is -1.05. The molecule has 1 rings (SSSR count). The van der Waals surface area contributed by atoms with Crippen molar-refractivity contribution in [2.24, 2.45) is 17.6 Å². The number of carboxylic acids is 1. The molecule has 0 bridgehead atoms. The van der Waals surface area contributed by atoms with E-state index >= 15 is 0 Å². The molecule has 1 heterocycles. The summed E-state index contributed by atoms with van der Waals surface area (Å²) < 4.78 is 0. The summed E-state index contributed by atoms with van der Waals surface area (Å²) in [5, 5.41) is 13.6. The number of hydrogen-bond donors (Lipinski definition) is 3. The maximum atomic E-state index is 12.0. The highest BCUT2D eigenvalue weighted by Gasteiger charge is 2.24. The standard InChI is InChI=1S/C14H22N2O3S/c1-9(2)6-10(8-15)7-12(17)16-13(14(18)19)11-4-3-5-20-11/h3-5,9-10,13H,6-8,15H2,1-2H3,(H,16,17)(H,18,19)/t10-,13?/m0/s1. The molecule has 0 aliphatic rings. The Morgan fingerprint density at radius 2 is 2.15 bits per heavy atom. The summed E-state index contributed by atoms with van der Waals surface area (Å²) in [6, 6.07) is 2.50. The van der Waals surface area contributed by atoms with Crippen molar-refractivity contribution in [3.05, 3.63) is 22.4 Å². The summed E-state index contributed by atoms with van der Waals surface area (Å²) in [5.41, 5.74) is 5.66. The fourth-order valence-corrected chi connectivity index (χ4v) is 2.89. The molecule has 1 aromatic rings. The van der Waals surface area contributed by atoms with Crippen molar-refractivity contribution in [2.45, 2.75) is 32.7 Å². The monoisotopic (exact) mass is 298 g/mol. The van der Waals surface area contributed by atoms with Crippen LogP contribution in [0.15, 0.2) is 17.5 Å². The maximum Gasteiger partial charge on any atom is 0.331 e. The van der Waals surface area contributed by atoms with E-state index in [1.165, 1.54) is 11.3 Å². The Balaban J connectivity index is 2.60. The number of rotatable bonds is 8. The van der Waals surface area contributed by atoms with E-state index in [0.717, 1.165) is 6.42 Å². The number of thiophene rings is 1. The van der Waals surface area contributed by atoms with Crippen molar-refractivity contribution >= 4 is 23.2 Å². The molecule has 0 saturated carbocycles. The second-order valence-electron chi connectivity index (χ2n) is 5.29. The molecule has 0 saturated heterocycles. The van der Waals surface area contributed by atoms with E-state index in [1.807, 2.05) is 0 Å². The first kappa shape index (κ1) is 16.7. The zero-order valence-corrected chi connectivity index (χ0v) is 12.7. The normalized spacial score (nSPS) is 14.0. The molecule has 1 unspecified atom stereocenters. The largest absolute Gasteiger partial charge is 0.479 e. The molecular formula is C14H22N2O3S. The number of carbonyl (C=O) groups excluding carboxylic acids is 1. The minimum Gasteiger partial charge on any atom is -0.479 e. The van der Waals surface area contributed by atoms with Gasteiger partial charge in [0.2, 0.25) is 5.91 Å². The van der Waals surface area contributed by atoms with E-state index in [1.54, 1.807) is 17.5 Å². The van der Waals surface area contributed by atoms with E-state index in [4.69, 9.17) is 5.73 Å². The highest BCUT2D eigenvalue weighted by molar-refractivity contribution is 7.10. The molecule has 0 radical (unpaired) electrons. The number of carboxylic acid groups (broad SMARTS) is 1. The number of nitrogens with two attached hydrogens (primary N) is 1. The van der Waals surface area contributed by atoms with E-state index < -0.39 is 12.0 Å². The van der Waals surface area contributed by atoms with Gasteiger partial charge in [0.25, 0.3) is 0 Å². The van der Waals surface area contributed by atoms with Crippen LogP contribution in [-0.2, 0) is 9.59 Å². The number of amides is 1. The first-order chi connectivity index (χ1) is 9.43. The minimum absolute atomic E-state index is 0.0905. The van der Waals surface area contributed by atoms with Crippen molar-refractivity contribution in [1.82, 2.24) is 5.32 Å². The fourth-order valence-electron chi connectivity index (χ4n) is 2.12. The van der Waals surface area contributed by atoms with Crippen LogP contribution < -0.4 is 11.1 Å². The third-order valence-corrected chi connectivity index (χ3v) is 3.93. The molecule has 4 N–H and O–H groups in total. The van der Waals surface area contributed by atoms with Crippen molar-refractivity contribution in [2.75, 3.05) is 6.54 Å². The van der Waals surface area contributed by atoms with Gasteiger partial charge in [-0.2, -0.15) is 0 Å². The SMILES string of the molecule is CC(C)C[C@H](CN)CC(=O)NC(C(=O)O)c1cccs1. The molecule has 6 heteroatoms. The molecular weight excluding hydrogens is 276 g/mol. The molecule has 20 heavy (non-hydrogen) atoms. The highest BCUT2D eigenvalue weighted by atomic mass is 32.1. The Hall–Kier alpha value is -1.40. The Morgan fingerprint density at radius 1 is 1.45 bits per heavy atom. The molecule has 0 aliphatic carbocycles. The van der Waals surface area contributed by atoms with Crippen LogP contribution in [0.5, 0.6) is 0 Å². The zero-order chi connectivity index (χ0) is 15.1. The lowest BCUT2D eigenvalue weighted by Crippen LogP contribution is -2.35. The smallest absolute Gasteiger partial charge is 0.331 e. The molecule has 0 fully saturated rings. The van der Waals surface area contributed by atoms with Crippen molar-refractivity contribution in [3.8, 4) is 0 Å². The first-order valence-electron chi connectivity index (χ1n) is 6.69. The van der Waals surface area contributed by atoms with Crippen LogP contribution in [0.2, 0.25) is 0 Å². The van der Waals surface area contributed by atoms with Crippen LogP contribution in [0.25, 0.3) is 0 Å². The Morgan fingerprint density at radius 3 is 2.60 bits per heavy atom. The number of aliphatic carboxylic acids is 1. The molecule has 0 aliphatic heterocycles. The van der Waals surface area contributed by atoms with Gasteiger partial charge in [-0.25, -0.2) is 4.79 Å². The number of nitrogens with one attached hydrogen (secondary N) is 1. The molecule has 112 valence electrons. The van der Waals surface area contributed by atoms with Gasteiger partial charge < -0.3 is 16.2 Å². The Kier molecular flexibility index (Phi) is 6.67. The van der Waals surface area contributed by atoms with Crippen LogP contribution in [0, 0.1) is 11.8 Å². The van der Waals surface area contributed by atoms with Crippen molar-refractivity contribution < 1.29 is 14.7 Å². The van der Waals surface area contributed by atoms with Crippen LogP contribution in [-0.4, -0.2) is 23.5 Å². The van der Waals surface area contributed by atoms with Crippen LogP contribution in [0.4, 0.5) is 0 Å². The molecule has 1 amide bonds. The van der Waals surface area contributed by atoms with Crippen molar-refractivity contribution in [1.29, 1.82) is 0 Å². The van der Waals surface area contributed by atoms with Gasteiger partial charge >= 0.3 is 5.97 Å². The highest BCUT2D eigenvalue weighted by Crippen LogP contribution is 2.20. The molecule has 0 aromatic carbocycles. The van der Waals surface area contributed by atoms with E-state index in [9.17, 15) is 14.7 Å². The Labute approximate surface area is 123 Å². The third-order valence-electron chi connectivity index (χ3n) is 2.99. The van der Waals surface area contributed by atoms with Gasteiger partial charge in [0.05, 0.1) is 0 Å². The lowest BCUT2D eigenvalue weighted by molar-refractivity contribution is -0.142.